The Hall–Kier alpha value is -2.70. The smallest absolute Gasteiger partial charge is 0.275 e. The zero-order valence-electron chi connectivity index (χ0n) is 13.9. The fraction of sp³-hybridized carbons (Fsp3) is 0.235. The van der Waals surface area contributed by atoms with Crippen LogP contribution in [0.5, 0.6) is 0 Å². The maximum absolute atomic E-state index is 13.8. The lowest BCUT2D eigenvalue weighted by Gasteiger charge is -2.30. The minimum absolute atomic E-state index is 0.0226. The van der Waals surface area contributed by atoms with Crippen LogP contribution in [0.25, 0.3) is 0 Å². The third-order valence-electron chi connectivity index (χ3n) is 3.99. The number of nitrogens with zero attached hydrogens (tertiary/aromatic N) is 4. The van der Waals surface area contributed by atoms with Gasteiger partial charge in [0.25, 0.3) is 5.91 Å². The first-order valence-electron chi connectivity index (χ1n) is 7.85. The molecule has 1 aliphatic heterocycles. The van der Waals surface area contributed by atoms with Crippen LogP contribution in [0.1, 0.15) is 28.2 Å². The van der Waals surface area contributed by atoms with Crippen molar-refractivity contribution in [3.05, 3.63) is 52.6 Å². The Morgan fingerprint density at radius 1 is 1.48 bits per heavy atom. The first-order chi connectivity index (χ1) is 13.0. The molecule has 2 aromatic rings. The van der Waals surface area contributed by atoms with E-state index >= 15 is 0 Å². The third kappa shape index (κ3) is 4.02. The van der Waals surface area contributed by atoms with Gasteiger partial charge in [0.05, 0.1) is 16.3 Å². The molecule has 3 rings (SSSR count). The molecule has 1 amide bonds. The maximum atomic E-state index is 13.8. The quantitative estimate of drug-likeness (QED) is 0.809. The number of amidine groups is 1. The molecule has 1 aliphatic rings. The summed E-state index contributed by atoms with van der Waals surface area (Å²) in [5.74, 6) is 0.0700. The number of thioether (sulfide) groups is 1. The van der Waals surface area contributed by atoms with E-state index in [1.165, 1.54) is 30.2 Å². The number of nitriles is 1. The average Bonchev–Trinajstić information content (AvgIpc) is 2.67. The molecule has 7 nitrogen and oxygen atoms in total. The number of hydrogen-bond acceptors (Lipinski definition) is 7. The van der Waals surface area contributed by atoms with Gasteiger partial charge in [0.15, 0.2) is 5.17 Å². The molecule has 3 N–H and O–H groups in total. The van der Waals surface area contributed by atoms with Crippen molar-refractivity contribution < 1.29 is 9.18 Å². The third-order valence-corrected chi connectivity index (χ3v) is 5.07. The van der Waals surface area contributed by atoms with Crippen LogP contribution in [-0.2, 0) is 5.54 Å². The van der Waals surface area contributed by atoms with E-state index in [9.17, 15) is 9.18 Å². The minimum atomic E-state index is -1.15. The van der Waals surface area contributed by atoms with E-state index in [1.54, 1.807) is 12.1 Å². The molecular weight excluding hydrogens is 391 g/mol. The van der Waals surface area contributed by atoms with Crippen LogP contribution in [0.2, 0.25) is 5.02 Å². The van der Waals surface area contributed by atoms with Crippen molar-refractivity contribution in [2.75, 3.05) is 17.7 Å². The molecule has 0 radical (unpaired) electrons. The number of aliphatic imine (C=N–C) groups is 1. The van der Waals surface area contributed by atoms with Crippen molar-refractivity contribution in [1.82, 2.24) is 9.97 Å². The highest BCUT2D eigenvalue weighted by Crippen LogP contribution is 2.35. The van der Waals surface area contributed by atoms with E-state index in [0.717, 1.165) is 0 Å². The van der Waals surface area contributed by atoms with Gasteiger partial charge in [-0.2, -0.15) is 5.26 Å². The number of carbonyl (C=O) groups is 1. The van der Waals surface area contributed by atoms with Crippen molar-refractivity contribution in [3.8, 4) is 6.07 Å². The number of nitrogens with one attached hydrogen (secondary N) is 1. The number of nitrogens with two attached hydrogens (primary N) is 1. The summed E-state index contributed by atoms with van der Waals surface area (Å²) in [7, 11) is 0. The van der Waals surface area contributed by atoms with Gasteiger partial charge in [-0.25, -0.2) is 14.4 Å². The number of alkyl halides is 1. The lowest BCUT2D eigenvalue weighted by atomic mass is 9.93. The van der Waals surface area contributed by atoms with Gasteiger partial charge in [0.2, 0.25) is 0 Å². The van der Waals surface area contributed by atoms with Crippen LogP contribution in [-0.4, -0.2) is 33.5 Å². The van der Waals surface area contributed by atoms with Crippen LogP contribution in [0.15, 0.2) is 35.6 Å². The van der Waals surface area contributed by atoms with Gasteiger partial charge in [0, 0.05) is 23.8 Å². The average molecular weight is 405 g/mol. The Morgan fingerprint density at radius 3 is 2.96 bits per heavy atom. The lowest BCUT2D eigenvalue weighted by Crippen LogP contribution is -2.34. The van der Waals surface area contributed by atoms with E-state index in [1.807, 2.05) is 6.07 Å². The fourth-order valence-electron chi connectivity index (χ4n) is 2.59. The second-order valence-corrected chi connectivity index (χ2v) is 7.29. The molecule has 138 valence electrons. The summed E-state index contributed by atoms with van der Waals surface area (Å²) < 4.78 is 13.8. The molecule has 0 aromatic carbocycles. The van der Waals surface area contributed by atoms with Gasteiger partial charge in [-0.3, -0.25) is 9.78 Å². The number of hydrogen-bond donors (Lipinski definition) is 2. The van der Waals surface area contributed by atoms with Gasteiger partial charge in [-0.15, -0.1) is 0 Å². The monoisotopic (exact) mass is 404 g/mol. The van der Waals surface area contributed by atoms with Crippen molar-refractivity contribution in [1.29, 1.82) is 5.26 Å². The van der Waals surface area contributed by atoms with E-state index in [0.29, 0.717) is 28.7 Å². The van der Waals surface area contributed by atoms with E-state index in [-0.39, 0.29) is 16.3 Å². The summed E-state index contributed by atoms with van der Waals surface area (Å²) >= 11 is 7.38. The van der Waals surface area contributed by atoms with E-state index < -0.39 is 18.1 Å². The zero-order chi connectivity index (χ0) is 19.4. The molecule has 0 saturated carbocycles. The van der Waals surface area contributed by atoms with Crippen LogP contribution in [0.4, 0.5) is 10.1 Å². The minimum Gasteiger partial charge on any atom is -0.379 e. The van der Waals surface area contributed by atoms with E-state index in [2.05, 4.69) is 20.3 Å². The van der Waals surface area contributed by atoms with Gasteiger partial charge < -0.3 is 11.1 Å². The largest absolute Gasteiger partial charge is 0.379 e. The second-order valence-electron chi connectivity index (χ2n) is 5.76. The number of rotatable bonds is 4. The first kappa shape index (κ1) is 19.1. The number of pyridine rings is 2. The molecule has 0 fully saturated rings. The lowest BCUT2D eigenvalue weighted by molar-refractivity contribution is 0.102. The van der Waals surface area contributed by atoms with Crippen LogP contribution < -0.4 is 11.1 Å². The molecule has 0 saturated heterocycles. The summed E-state index contributed by atoms with van der Waals surface area (Å²) in [6, 6.07) is 6.38. The molecule has 1 atom stereocenters. The van der Waals surface area contributed by atoms with Gasteiger partial charge in [-0.1, -0.05) is 23.4 Å². The molecule has 27 heavy (non-hydrogen) atoms. The summed E-state index contributed by atoms with van der Waals surface area (Å²) in [5, 5.41) is 11.9. The molecule has 0 aliphatic carbocycles. The fourth-order valence-corrected chi connectivity index (χ4v) is 3.73. The maximum Gasteiger partial charge on any atom is 0.275 e. The number of halogens is 2. The first-order valence-corrected chi connectivity index (χ1v) is 9.21. The normalized spacial score (nSPS) is 19.1. The molecule has 3 heterocycles. The molecule has 10 heteroatoms. The standard InChI is InChI=1S/C17H14ClFN6OS/c18-12-5-10(7-20)8-23-14(12)15(26)24-11-1-3-22-13(6-11)17(9-19)2-4-27-16(21)25-17/h1,3,5-6,8H,2,4,9H2,(H2,21,25)(H,22,24,26)/t17-/m1/s1. The van der Waals surface area contributed by atoms with Crippen LogP contribution in [0, 0.1) is 11.3 Å². The number of aromatic nitrogens is 2. The van der Waals surface area contributed by atoms with Crippen LogP contribution >= 0.6 is 23.4 Å². The summed E-state index contributed by atoms with van der Waals surface area (Å²) in [6.07, 6.45) is 3.17. The Kier molecular flexibility index (Phi) is 5.58. The predicted octanol–water partition coefficient (Wildman–Crippen LogP) is 2.87. The number of anilines is 1. The molecule has 0 unspecified atom stereocenters. The van der Waals surface area contributed by atoms with Gasteiger partial charge in [0.1, 0.15) is 24.0 Å². The van der Waals surface area contributed by atoms with Crippen molar-refractivity contribution in [3.63, 3.8) is 0 Å². The van der Waals surface area contributed by atoms with Crippen LogP contribution in [0.3, 0.4) is 0 Å². The van der Waals surface area contributed by atoms with E-state index in [4.69, 9.17) is 22.6 Å². The Morgan fingerprint density at radius 2 is 2.30 bits per heavy atom. The Bertz CT molecular complexity index is 963. The summed E-state index contributed by atoms with van der Waals surface area (Å²) in [5.41, 5.74) is 5.61. The molecule has 0 bridgehead atoms. The highest BCUT2D eigenvalue weighted by atomic mass is 35.5. The summed E-state index contributed by atoms with van der Waals surface area (Å²) in [6.45, 7) is -0.748. The molecular formula is C17H14ClFN6OS. The van der Waals surface area contributed by atoms with Gasteiger partial charge >= 0.3 is 0 Å². The number of amides is 1. The van der Waals surface area contributed by atoms with Crippen molar-refractivity contribution in [2.24, 2.45) is 10.7 Å². The topological polar surface area (TPSA) is 117 Å². The van der Waals surface area contributed by atoms with Crippen molar-refractivity contribution in [2.45, 2.75) is 12.0 Å². The highest BCUT2D eigenvalue weighted by Gasteiger charge is 2.36. The predicted molar refractivity (Wildman–Crippen MR) is 103 cm³/mol. The zero-order valence-corrected chi connectivity index (χ0v) is 15.5. The van der Waals surface area contributed by atoms with Crippen molar-refractivity contribution >= 4 is 40.1 Å². The van der Waals surface area contributed by atoms with Gasteiger partial charge in [-0.05, 0) is 24.6 Å². The molecule has 0 spiro atoms. The second kappa shape index (κ2) is 7.90. The SMILES string of the molecule is N#Cc1cnc(C(=O)Nc2ccnc([C@]3(CF)CCSC(N)=N3)c2)c(Cl)c1. The summed E-state index contributed by atoms with van der Waals surface area (Å²) in [4.78, 5) is 24.8. The molecule has 2 aromatic heterocycles. The highest BCUT2D eigenvalue weighted by molar-refractivity contribution is 8.13. The number of carbonyl (C=O) groups excluding carboxylic acids is 1. The Balaban J connectivity index is 1.87. The Labute approximate surface area is 163 Å².